The first-order chi connectivity index (χ1) is 8.29. The smallest absolute Gasteiger partial charge is 0.121 e. The van der Waals surface area contributed by atoms with Gasteiger partial charge >= 0.3 is 0 Å². The number of allylic oxidation sites excluding steroid dienone is 1. The van der Waals surface area contributed by atoms with Crippen LogP contribution in [0.3, 0.4) is 0 Å². The molecule has 17 heavy (non-hydrogen) atoms. The fourth-order valence-electron chi connectivity index (χ4n) is 1.82. The van der Waals surface area contributed by atoms with Crippen LogP contribution in [0, 0.1) is 0 Å². The quantitative estimate of drug-likeness (QED) is 0.703. The van der Waals surface area contributed by atoms with Gasteiger partial charge in [-0.3, -0.25) is 0 Å². The number of rotatable bonds is 7. The van der Waals surface area contributed by atoms with Gasteiger partial charge in [-0.05, 0) is 24.5 Å². The normalized spacial score (nSPS) is 11.2. The van der Waals surface area contributed by atoms with Crippen LogP contribution in [-0.4, -0.2) is 10.2 Å². The maximum Gasteiger partial charge on any atom is 0.121 e. The first kappa shape index (κ1) is 13.8. The third kappa shape index (κ3) is 4.61. The molecule has 0 saturated heterocycles. The summed E-state index contributed by atoms with van der Waals surface area (Å²) < 4.78 is 0. The van der Waals surface area contributed by atoms with E-state index in [1.165, 1.54) is 25.7 Å². The van der Waals surface area contributed by atoms with Gasteiger partial charge in [0.25, 0.3) is 0 Å². The largest absolute Gasteiger partial charge is 0.508 e. The SMILES string of the molecule is CCCCCCC=Cc1cccc(O)c1CO. The van der Waals surface area contributed by atoms with Crippen molar-refractivity contribution in [3.05, 3.63) is 35.4 Å². The van der Waals surface area contributed by atoms with E-state index in [9.17, 15) is 10.2 Å². The summed E-state index contributed by atoms with van der Waals surface area (Å²) in [5.41, 5.74) is 1.51. The molecule has 0 aromatic heterocycles. The van der Waals surface area contributed by atoms with Crippen molar-refractivity contribution in [3.8, 4) is 5.75 Å². The van der Waals surface area contributed by atoms with Crippen LogP contribution in [0.15, 0.2) is 24.3 Å². The Bertz CT molecular complexity index is 356. The molecule has 0 radical (unpaired) electrons. The summed E-state index contributed by atoms with van der Waals surface area (Å²) >= 11 is 0. The standard InChI is InChI=1S/C15H22O2/c1-2-3-4-5-6-7-9-13-10-8-11-15(17)14(13)12-16/h7-11,16-17H,2-6,12H2,1H3. The zero-order valence-corrected chi connectivity index (χ0v) is 10.5. The van der Waals surface area contributed by atoms with Crippen molar-refractivity contribution in [2.45, 2.75) is 45.6 Å². The van der Waals surface area contributed by atoms with E-state index < -0.39 is 0 Å². The van der Waals surface area contributed by atoms with Gasteiger partial charge in [0, 0.05) is 5.56 Å². The summed E-state index contributed by atoms with van der Waals surface area (Å²) in [6, 6.07) is 5.31. The Morgan fingerprint density at radius 3 is 2.71 bits per heavy atom. The van der Waals surface area contributed by atoms with Gasteiger partial charge in [-0.15, -0.1) is 0 Å². The van der Waals surface area contributed by atoms with Crippen LogP contribution in [0.5, 0.6) is 5.75 Å². The van der Waals surface area contributed by atoms with Crippen molar-refractivity contribution in [2.75, 3.05) is 0 Å². The topological polar surface area (TPSA) is 40.5 Å². The molecule has 0 aliphatic heterocycles. The van der Waals surface area contributed by atoms with Crippen LogP contribution in [0.25, 0.3) is 6.08 Å². The fourth-order valence-corrected chi connectivity index (χ4v) is 1.82. The molecule has 0 spiro atoms. The molecule has 2 heteroatoms. The van der Waals surface area contributed by atoms with E-state index in [4.69, 9.17) is 0 Å². The molecule has 0 atom stereocenters. The lowest BCUT2D eigenvalue weighted by atomic mass is 10.1. The lowest BCUT2D eigenvalue weighted by molar-refractivity contribution is 0.275. The molecule has 0 heterocycles. The first-order valence-electron chi connectivity index (χ1n) is 6.37. The van der Waals surface area contributed by atoms with Crippen LogP contribution in [0.1, 0.15) is 50.2 Å². The highest BCUT2D eigenvalue weighted by Gasteiger charge is 2.02. The molecular weight excluding hydrogens is 212 g/mol. The van der Waals surface area contributed by atoms with Gasteiger partial charge in [-0.1, -0.05) is 50.5 Å². The predicted molar refractivity (Wildman–Crippen MR) is 71.8 cm³/mol. The van der Waals surface area contributed by atoms with Gasteiger partial charge in [0.05, 0.1) is 6.61 Å². The first-order valence-corrected chi connectivity index (χ1v) is 6.37. The average molecular weight is 234 g/mol. The van der Waals surface area contributed by atoms with Crippen LogP contribution < -0.4 is 0 Å². The minimum Gasteiger partial charge on any atom is -0.508 e. The molecule has 1 aromatic carbocycles. The maximum atomic E-state index is 9.57. The van der Waals surface area contributed by atoms with E-state index in [-0.39, 0.29) is 12.4 Å². The fraction of sp³-hybridized carbons (Fsp3) is 0.467. The maximum absolute atomic E-state index is 9.57. The molecule has 0 saturated carbocycles. The Morgan fingerprint density at radius 1 is 1.18 bits per heavy atom. The number of benzene rings is 1. The van der Waals surface area contributed by atoms with E-state index in [0.717, 1.165) is 12.0 Å². The van der Waals surface area contributed by atoms with Crippen molar-refractivity contribution in [2.24, 2.45) is 0 Å². The molecule has 0 aliphatic carbocycles. The second-order valence-corrected chi connectivity index (χ2v) is 4.25. The second kappa shape index (κ2) is 7.91. The third-order valence-electron chi connectivity index (χ3n) is 2.87. The van der Waals surface area contributed by atoms with Crippen molar-refractivity contribution in [3.63, 3.8) is 0 Å². The summed E-state index contributed by atoms with van der Waals surface area (Å²) in [7, 11) is 0. The summed E-state index contributed by atoms with van der Waals surface area (Å²) in [6.07, 6.45) is 10.2. The van der Waals surface area contributed by atoms with Crippen LogP contribution in [0.4, 0.5) is 0 Å². The Balaban J connectivity index is 2.50. The van der Waals surface area contributed by atoms with Gasteiger partial charge in [0.2, 0.25) is 0 Å². The molecule has 0 amide bonds. The highest BCUT2D eigenvalue weighted by Crippen LogP contribution is 2.22. The number of hydrogen-bond acceptors (Lipinski definition) is 2. The number of aromatic hydroxyl groups is 1. The zero-order chi connectivity index (χ0) is 12.5. The highest BCUT2D eigenvalue weighted by atomic mass is 16.3. The highest BCUT2D eigenvalue weighted by molar-refractivity contribution is 5.57. The van der Waals surface area contributed by atoms with Crippen LogP contribution in [0.2, 0.25) is 0 Å². The van der Waals surface area contributed by atoms with E-state index in [2.05, 4.69) is 13.0 Å². The van der Waals surface area contributed by atoms with E-state index in [1.807, 2.05) is 12.1 Å². The Morgan fingerprint density at radius 2 is 2.00 bits per heavy atom. The van der Waals surface area contributed by atoms with Gasteiger partial charge in [-0.2, -0.15) is 0 Å². The van der Waals surface area contributed by atoms with Gasteiger partial charge in [-0.25, -0.2) is 0 Å². The minimum atomic E-state index is -0.123. The van der Waals surface area contributed by atoms with Crippen LogP contribution >= 0.6 is 0 Å². The van der Waals surface area contributed by atoms with E-state index >= 15 is 0 Å². The number of aliphatic hydroxyl groups is 1. The number of phenols is 1. The lowest BCUT2D eigenvalue weighted by Gasteiger charge is -2.04. The monoisotopic (exact) mass is 234 g/mol. The summed E-state index contributed by atoms with van der Waals surface area (Å²) in [6.45, 7) is 2.08. The molecule has 1 rings (SSSR count). The minimum absolute atomic E-state index is 0.123. The van der Waals surface area contributed by atoms with Crippen molar-refractivity contribution in [1.82, 2.24) is 0 Å². The number of hydrogen-bond donors (Lipinski definition) is 2. The summed E-state index contributed by atoms with van der Waals surface area (Å²) in [4.78, 5) is 0. The molecule has 0 unspecified atom stereocenters. The van der Waals surface area contributed by atoms with Gasteiger partial charge in [0.1, 0.15) is 5.75 Å². The Kier molecular flexibility index (Phi) is 6.41. The molecular formula is C15H22O2. The summed E-state index contributed by atoms with van der Waals surface area (Å²) in [5, 5.41) is 18.7. The third-order valence-corrected chi connectivity index (χ3v) is 2.87. The Hall–Kier alpha value is -1.28. The predicted octanol–water partition coefficient (Wildman–Crippen LogP) is 3.87. The van der Waals surface area contributed by atoms with Gasteiger partial charge < -0.3 is 10.2 Å². The molecule has 94 valence electrons. The molecule has 0 bridgehead atoms. The van der Waals surface area contributed by atoms with Crippen molar-refractivity contribution in [1.29, 1.82) is 0 Å². The van der Waals surface area contributed by atoms with E-state index in [0.29, 0.717) is 5.56 Å². The Labute approximate surface area is 104 Å². The van der Waals surface area contributed by atoms with Crippen molar-refractivity contribution < 1.29 is 10.2 Å². The van der Waals surface area contributed by atoms with Crippen molar-refractivity contribution >= 4 is 6.08 Å². The van der Waals surface area contributed by atoms with E-state index in [1.54, 1.807) is 12.1 Å². The molecule has 0 aliphatic rings. The van der Waals surface area contributed by atoms with Gasteiger partial charge in [0.15, 0.2) is 0 Å². The number of unbranched alkanes of at least 4 members (excludes halogenated alkanes) is 4. The second-order valence-electron chi connectivity index (χ2n) is 4.25. The zero-order valence-electron chi connectivity index (χ0n) is 10.5. The summed E-state index contributed by atoms with van der Waals surface area (Å²) in [5.74, 6) is 0.167. The molecule has 1 aromatic rings. The number of aliphatic hydroxyl groups excluding tert-OH is 1. The lowest BCUT2D eigenvalue weighted by Crippen LogP contribution is -1.88. The molecule has 0 fully saturated rings. The average Bonchev–Trinajstić information content (AvgIpc) is 2.34. The molecule has 2 nitrogen and oxygen atoms in total. The van der Waals surface area contributed by atoms with Crippen LogP contribution in [-0.2, 0) is 6.61 Å². The molecule has 2 N–H and O–H groups in total.